The van der Waals surface area contributed by atoms with Crippen LogP contribution in [0, 0.1) is 5.92 Å². The van der Waals surface area contributed by atoms with E-state index in [9.17, 15) is 0 Å². The lowest BCUT2D eigenvalue weighted by Gasteiger charge is -2.19. The molecular weight excluding hydrogens is 164 g/mol. The molecule has 2 atom stereocenters. The minimum absolute atomic E-state index is 0.369. The van der Waals surface area contributed by atoms with Gasteiger partial charge in [0.2, 0.25) is 0 Å². The van der Waals surface area contributed by atoms with Gasteiger partial charge in [-0.2, -0.15) is 0 Å². The first-order chi connectivity index (χ1) is 6.26. The van der Waals surface area contributed by atoms with Crippen LogP contribution in [0.15, 0.2) is 0 Å². The molecule has 2 unspecified atom stereocenters. The summed E-state index contributed by atoms with van der Waals surface area (Å²) in [6.07, 6.45) is 1.70. The lowest BCUT2D eigenvalue weighted by molar-refractivity contribution is 0.0840. The molecule has 1 N–H and O–H groups in total. The third kappa shape index (κ3) is 3.63. The van der Waals surface area contributed by atoms with E-state index >= 15 is 0 Å². The summed E-state index contributed by atoms with van der Waals surface area (Å²) in [4.78, 5) is 2.50. The quantitative estimate of drug-likeness (QED) is 0.679. The maximum absolute atomic E-state index is 5.25. The molecule has 78 valence electrons. The van der Waals surface area contributed by atoms with Crippen molar-refractivity contribution in [1.29, 1.82) is 0 Å². The summed E-state index contributed by atoms with van der Waals surface area (Å²) in [5.74, 6) is 0.842. The van der Waals surface area contributed by atoms with Gasteiger partial charge < -0.3 is 15.0 Å². The Morgan fingerprint density at radius 1 is 1.62 bits per heavy atom. The second kappa shape index (κ2) is 5.58. The van der Waals surface area contributed by atoms with Crippen molar-refractivity contribution in [3.05, 3.63) is 0 Å². The van der Waals surface area contributed by atoms with E-state index in [1.54, 1.807) is 7.11 Å². The Kier molecular flexibility index (Phi) is 4.70. The molecule has 0 aromatic heterocycles. The fourth-order valence-corrected chi connectivity index (χ4v) is 1.97. The third-order valence-corrected chi connectivity index (χ3v) is 2.78. The monoisotopic (exact) mass is 186 g/mol. The highest BCUT2D eigenvalue weighted by Gasteiger charge is 2.22. The molecule has 1 aliphatic rings. The first kappa shape index (κ1) is 11.0. The van der Waals surface area contributed by atoms with E-state index in [2.05, 4.69) is 17.1 Å². The normalized spacial score (nSPS) is 26.5. The SMILES string of the molecule is CNCC1CCN(CC(C)OC)C1. The van der Waals surface area contributed by atoms with Crippen molar-refractivity contribution >= 4 is 0 Å². The third-order valence-electron chi connectivity index (χ3n) is 2.78. The van der Waals surface area contributed by atoms with Crippen LogP contribution in [0.1, 0.15) is 13.3 Å². The molecule has 0 radical (unpaired) electrons. The Hall–Kier alpha value is -0.120. The van der Waals surface area contributed by atoms with Crippen LogP contribution in [0.3, 0.4) is 0 Å². The maximum Gasteiger partial charge on any atom is 0.0670 e. The second-order valence-electron chi connectivity index (χ2n) is 4.02. The van der Waals surface area contributed by atoms with E-state index in [0.717, 1.165) is 19.0 Å². The van der Waals surface area contributed by atoms with Gasteiger partial charge in [0.05, 0.1) is 6.10 Å². The fraction of sp³-hybridized carbons (Fsp3) is 1.00. The van der Waals surface area contributed by atoms with Gasteiger partial charge in [-0.1, -0.05) is 0 Å². The number of likely N-dealkylation sites (tertiary alicyclic amines) is 1. The van der Waals surface area contributed by atoms with E-state index in [1.165, 1.54) is 19.5 Å². The summed E-state index contributed by atoms with van der Waals surface area (Å²) >= 11 is 0. The number of hydrogen-bond acceptors (Lipinski definition) is 3. The molecule has 0 spiro atoms. The van der Waals surface area contributed by atoms with Crippen molar-refractivity contribution in [3.63, 3.8) is 0 Å². The Morgan fingerprint density at radius 2 is 2.38 bits per heavy atom. The highest BCUT2D eigenvalue weighted by Crippen LogP contribution is 2.15. The first-order valence-electron chi connectivity index (χ1n) is 5.16. The van der Waals surface area contributed by atoms with Crippen molar-refractivity contribution in [2.45, 2.75) is 19.4 Å². The van der Waals surface area contributed by atoms with Gasteiger partial charge in [-0.15, -0.1) is 0 Å². The molecule has 0 aliphatic carbocycles. The zero-order chi connectivity index (χ0) is 9.68. The molecule has 1 saturated heterocycles. The molecule has 0 saturated carbocycles. The average Bonchev–Trinajstić information content (AvgIpc) is 2.53. The largest absolute Gasteiger partial charge is 0.380 e. The summed E-state index contributed by atoms with van der Waals surface area (Å²) in [6, 6.07) is 0. The number of nitrogens with one attached hydrogen (secondary N) is 1. The second-order valence-corrected chi connectivity index (χ2v) is 4.02. The number of methoxy groups -OCH3 is 1. The molecule has 1 aliphatic heterocycles. The van der Waals surface area contributed by atoms with Gasteiger partial charge in [0.15, 0.2) is 0 Å². The van der Waals surface area contributed by atoms with Crippen LogP contribution >= 0.6 is 0 Å². The molecule has 1 heterocycles. The van der Waals surface area contributed by atoms with Gasteiger partial charge in [-0.25, -0.2) is 0 Å². The summed E-state index contributed by atoms with van der Waals surface area (Å²) in [7, 11) is 3.81. The zero-order valence-corrected chi connectivity index (χ0v) is 9.05. The van der Waals surface area contributed by atoms with Crippen LogP contribution < -0.4 is 5.32 Å². The highest BCUT2D eigenvalue weighted by atomic mass is 16.5. The van der Waals surface area contributed by atoms with Gasteiger partial charge >= 0.3 is 0 Å². The standard InChI is InChI=1S/C10H22N2O/c1-9(13-3)7-12-5-4-10(8-12)6-11-2/h9-11H,4-8H2,1-3H3. The van der Waals surface area contributed by atoms with Crippen molar-refractivity contribution in [1.82, 2.24) is 10.2 Å². The summed E-state index contributed by atoms with van der Waals surface area (Å²) < 4.78 is 5.25. The Morgan fingerprint density at radius 3 is 3.00 bits per heavy atom. The molecule has 0 amide bonds. The first-order valence-corrected chi connectivity index (χ1v) is 5.16. The van der Waals surface area contributed by atoms with E-state index in [0.29, 0.717) is 6.10 Å². The topological polar surface area (TPSA) is 24.5 Å². The van der Waals surface area contributed by atoms with E-state index in [1.807, 2.05) is 7.05 Å². The molecule has 0 aromatic carbocycles. The number of hydrogen-bond donors (Lipinski definition) is 1. The predicted molar refractivity (Wildman–Crippen MR) is 54.9 cm³/mol. The highest BCUT2D eigenvalue weighted by molar-refractivity contribution is 4.77. The predicted octanol–water partition coefficient (Wildman–Crippen LogP) is 0.563. The molecule has 1 fully saturated rings. The Bertz CT molecular complexity index is 141. The fourth-order valence-electron chi connectivity index (χ4n) is 1.97. The van der Waals surface area contributed by atoms with E-state index < -0.39 is 0 Å². The van der Waals surface area contributed by atoms with Crippen LogP contribution in [0.4, 0.5) is 0 Å². The van der Waals surface area contributed by atoms with Gasteiger partial charge in [0.25, 0.3) is 0 Å². The molecular formula is C10H22N2O. The average molecular weight is 186 g/mol. The molecule has 3 heteroatoms. The molecule has 0 aromatic rings. The number of nitrogens with zero attached hydrogens (tertiary/aromatic N) is 1. The molecule has 13 heavy (non-hydrogen) atoms. The van der Waals surface area contributed by atoms with Crippen LogP contribution in [0.5, 0.6) is 0 Å². The van der Waals surface area contributed by atoms with Crippen LogP contribution in [0.2, 0.25) is 0 Å². The molecule has 1 rings (SSSR count). The number of ether oxygens (including phenoxy) is 1. The van der Waals surface area contributed by atoms with Crippen LogP contribution in [0.25, 0.3) is 0 Å². The minimum Gasteiger partial charge on any atom is -0.380 e. The molecule has 0 bridgehead atoms. The van der Waals surface area contributed by atoms with Gasteiger partial charge in [0, 0.05) is 20.2 Å². The van der Waals surface area contributed by atoms with Gasteiger partial charge in [-0.05, 0) is 39.4 Å². The van der Waals surface area contributed by atoms with Crippen molar-refractivity contribution in [2.75, 3.05) is 40.3 Å². The van der Waals surface area contributed by atoms with Crippen molar-refractivity contribution in [2.24, 2.45) is 5.92 Å². The molecule has 3 nitrogen and oxygen atoms in total. The smallest absolute Gasteiger partial charge is 0.0670 e. The van der Waals surface area contributed by atoms with E-state index in [-0.39, 0.29) is 0 Å². The van der Waals surface area contributed by atoms with Crippen molar-refractivity contribution in [3.8, 4) is 0 Å². The zero-order valence-electron chi connectivity index (χ0n) is 9.05. The summed E-state index contributed by atoms with van der Waals surface area (Å²) in [5, 5.41) is 3.24. The van der Waals surface area contributed by atoms with E-state index in [4.69, 9.17) is 4.74 Å². The van der Waals surface area contributed by atoms with Crippen LogP contribution in [-0.2, 0) is 4.74 Å². The number of rotatable bonds is 5. The summed E-state index contributed by atoms with van der Waals surface area (Å²) in [6.45, 7) is 6.83. The van der Waals surface area contributed by atoms with Crippen LogP contribution in [-0.4, -0.2) is 51.3 Å². The van der Waals surface area contributed by atoms with Gasteiger partial charge in [-0.3, -0.25) is 0 Å². The Balaban J connectivity index is 2.17. The maximum atomic E-state index is 5.25. The lowest BCUT2D eigenvalue weighted by atomic mass is 10.1. The van der Waals surface area contributed by atoms with Gasteiger partial charge in [0.1, 0.15) is 0 Å². The summed E-state index contributed by atoms with van der Waals surface area (Å²) in [5.41, 5.74) is 0. The Labute approximate surface area is 81.4 Å². The minimum atomic E-state index is 0.369. The van der Waals surface area contributed by atoms with Crippen molar-refractivity contribution < 1.29 is 4.74 Å². The lowest BCUT2D eigenvalue weighted by Crippen LogP contribution is -2.31.